The molecule has 1 aromatic rings. The number of hydrogen-bond acceptors (Lipinski definition) is 4. The standard InChI is InChI=1S/C8H15N5/c1-13-8(10)11-7(12-13)4-6(9)5-2-3-5/h5-6H,2-4,9H2,1H3,(H2,10,11,12). The molecule has 72 valence electrons. The van der Waals surface area contributed by atoms with Crippen LogP contribution in [-0.4, -0.2) is 20.8 Å². The van der Waals surface area contributed by atoms with Gasteiger partial charge in [-0.15, -0.1) is 0 Å². The Morgan fingerprint density at radius 1 is 1.62 bits per heavy atom. The highest BCUT2D eigenvalue weighted by molar-refractivity contribution is 5.15. The van der Waals surface area contributed by atoms with Crippen molar-refractivity contribution in [2.24, 2.45) is 18.7 Å². The fourth-order valence-electron chi connectivity index (χ4n) is 1.44. The molecule has 1 heterocycles. The molecular weight excluding hydrogens is 166 g/mol. The molecule has 0 bridgehead atoms. The summed E-state index contributed by atoms with van der Waals surface area (Å²) in [7, 11) is 1.79. The molecular formula is C8H15N5. The molecule has 1 saturated carbocycles. The van der Waals surface area contributed by atoms with Crippen LogP contribution in [0.1, 0.15) is 18.7 Å². The maximum Gasteiger partial charge on any atom is 0.218 e. The van der Waals surface area contributed by atoms with Gasteiger partial charge in [-0.1, -0.05) is 0 Å². The molecule has 13 heavy (non-hydrogen) atoms. The second-order valence-corrected chi connectivity index (χ2v) is 3.72. The molecule has 2 rings (SSSR count). The van der Waals surface area contributed by atoms with Gasteiger partial charge in [0.1, 0.15) is 0 Å². The van der Waals surface area contributed by atoms with E-state index in [1.165, 1.54) is 12.8 Å². The number of hydrogen-bond donors (Lipinski definition) is 2. The van der Waals surface area contributed by atoms with E-state index >= 15 is 0 Å². The van der Waals surface area contributed by atoms with E-state index in [4.69, 9.17) is 11.5 Å². The Kier molecular flexibility index (Phi) is 1.95. The molecule has 1 aliphatic rings. The highest BCUT2D eigenvalue weighted by Crippen LogP contribution is 2.32. The van der Waals surface area contributed by atoms with E-state index < -0.39 is 0 Å². The Morgan fingerprint density at radius 3 is 2.77 bits per heavy atom. The summed E-state index contributed by atoms with van der Waals surface area (Å²) in [4.78, 5) is 4.11. The van der Waals surface area contributed by atoms with E-state index in [-0.39, 0.29) is 6.04 Å². The van der Waals surface area contributed by atoms with E-state index in [0.717, 1.165) is 12.2 Å². The molecule has 4 N–H and O–H groups in total. The van der Waals surface area contributed by atoms with Crippen LogP contribution < -0.4 is 11.5 Å². The lowest BCUT2D eigenvalue weighted by Crippen LogP contribution is -2.25. The van der Waals surface area contributed by atoms with Crippen LogP contribution in [0.3, 0.4) is 0 Å². The van der Waals surface area contributed by atoms with Gasteiger partial charge >= 0.3 is 0 Å². The predicted molar refractivity (Wildman–Crippen MR) is 49.8 cm³/mol. The number of anilines is 1. The van der Waals surface area contributed by atoms with Gasteiger partial charge in [-0.2, -0.15) is 10.1 Å². The number of nitrogens with zero attached hydrogens (tertiary/aromatic N) is 3. The number of nitrogens with two attached hydrogens (primary N) is 2. The van der Waals surface area contributed by atoms with Crippen LogP contribution in [0.5, 0.6) is 0 Å². The summed E-state index contributed by atoms with van der Waals surface area (Å²) in [5.74, 6) is 1.91. The summed E-state index contributed by atoms with van der Waals surface area (Å²) in [6, 6.07) is 0.210. The summed E-state index contributed by atoms with van der Waals surface area (Å²) in [5.41, 5.74) is 11.5. The summed E-state index contributed by atoms with van der Waals surface area (Å²) in [5, 5.41) is 4.16. The Bertz CT molecular complexity index is 282. The smallest absolute Gasteiger partial charge is 0.218 e. The first kappa shape index (κ1) is 8.50. The number of nitrogen functional groups attached to an aromatic ring is 1. The molecule has 0 saturated heterocycles. The zero-order chi connectivity index (χ0) is 9.42. The molecule has 1 atom stereocenters. The topological polar surface area (TPSA) is 82.8 Å². The highest BCUT2D eigenvalue weighted by atomic mass is 15.4. The van der Waals surface area contributed by atoms with Crippen molar-refractivity contribution >= 4 is 5.95 Å². The largest absolute Gasteiger partial charge is 0.368 e. The molecule has 0 radical (unpaired) electrons. The Labute approximate surface area is 77.1 Å². The number of rotatable bonds is 3. The van der Waals surface area contributed by atoms with Crippen molar-refractivity contribution in [3.05, 3.63) is 5.82 Å². The third-order valence-corrected chi connectivity index (χ3v) is 2.49. The lowest BCUT2D eigenvalue weighted by atomic mass is 10.1. The van der Waals surface area contributed by atoms with Crippen LogP contribution in [-0.2, 0) is 13.5 Å². The quantitative estimate of drug-likeness (QED) is 0.669. The Balaban J connectivity index is 2.00. The van der Waals surface area contributed by atoms with Crippen molar-refractivity contribution in [1.82, 2.24) is 14.8 Å². The maximum absolute atomic E-state index is 5.94. The average molecular weight is 181 g/mol. The molecule has 0 spiro atoms. The van der Waals surface area contributed by atoms with Gasteiger partial charge in [-0.25, -0.2) is 4.68 Å². The highest BCUT2D eigenvalue weighted by Gasteiger charge is 2.29. The third-order valence-electron chi connectivity index (χ3n) is 2.49. The Hall–Kier alpha value is -1.10. The van der Waals surface area contributed by atoms with Gasteiger partial charge in [0.15, 0.2) is 5.82 Å². The zero-order valence-corrected chi connectivity index (χ0v) is 7.77. The minimum absolute atomic E-state index is 0.210. The second-order valence-electron chi connectivity index (χ2n) is 3.72. The second kappa shape index (κ2) is 2.99. The lowest BCUT2D eigenvalue weighted by Gasteiger charge is -2.05. The fourth-order valence-corrected chi connectivity index (χ4v) is 1.44. The molecule has 1 fully saturated rings. The molecule has 5 nitrogen and oxygen atoms in total. The van der Waals surface area contributed by atoms with Crippen molar-refractivity contribution < 1.29 is 0 Å². The SMILES string of the molecule is Cn1nc(CC(N)C2CC2)nc1N. The molecule has 0 amide bonds. The van der Waals surface area contributed by atoms with E-state index in [1.807, 2.05) is 0 Å². The zero-order valence-electron chi connectivity index (χ0n) is 7.77. The molecule has 1 unspecified atom stereocenters. The third kappa shape index (κ3) is 1.80. The molecule has 1 aromatic heterocycles. The average Bonchev–Trinajstić information content (AvgIpc) is 2.81. The normalized spacial score (nSPS) is 18.9. The van der Waals surface area contributed by atoms with Crippen LogP contribution >= 0.6 is 0 Å². The summed E-state index contributed by atoms with van der Waals surface area (Å²) < 4.78 is 1.58. The van der Waals surface area contributed by atoms with Gasteiger partial charge in [-0.3, -0.25) is 0 Å². The first-order valence-electron chi connectivity index (χ1n) is 4.58. The van der Waals surface area contributed by atoms with E-state index in [0.29, 0.717) is 11.9 Å². The minimum atomic E-state index is 0.210. The molecule has 1 aliphatic carbocycles. The van der Waals surface area contributed by atoms with Gasteiger partial charge in [-0.05, 0) is 18.8 Å². The van der Waals surface area contributed by atoms with Crippen LogP contribution in [0.2, 0.25) is 0 Å². The van der Waals surface area contributed by atoms with Crippen LogP contribution in [0, 0.1) is 5.92 Å². The van der Waals surface area contributed by atoms with Gasteiger partial charge < -0.3 is 11.5 Å². The van der Waals surface area contributed by atoms with E-state index in [1.54, 1.807) is 11.7 Å². The monoisotopic (exact) mass is 181 g/mol. The maximum atomic E-state index is 5.94. The van der Waals surface area contributed by atoms with E-state index in [9.17, 15) is 0 Å². The van der Waals surface area contributed by atoms with Gasteiger partial charge in [0.25, 0.3) is 0 Å². The van der Waals surface area contributed by atoms with Crippen molar-refractivity contribution in [3.63, 3.8) is 0 Å². The van der Waals surface area contributed by atoms with Crippen molar-refractivity contribution in [3.8, 4) is 0 Å². The van der Waals surface area contributed by atoms with Crippen molar-refractivity contribution in [2.75, 3.05) is 5.73 Å². The lowest BCUT2D eigenvalue weighted by molar-refractivity contribution is 0.571. The molecule has 0 aliphatic heterocycles. The van der Waals surface area contributed by atoms with Crippen LogP contribution in [0.25, 0.3) is 0 Å². The number of aryl methyl sites for hydroxylation is 1. The van der Waals surface area contributed by atoms with Crippen molar-refractivity contribution in [2.45, 2.75) is 25.3 Å². The van der Waals surface area contributed by atoms with Crippen LogP contribution in [0.4, 0.5) is 5.95 Å². The summed E-state index contributed by atoms with van der Waals surface area (Å²) in [6.45, 7) is 0. The first-order valence-corrected chi connectivity index (χ1v) is 4.58. The van der Waals surface area contributed by atoms with Gasteiger partial charge in [0, 0.05) is 19.5 Å². The van der Waals surface area contributed by atoms with E-state index in [2.05, 4.69) is 10.1 Å². The Morgan fingerprint density at radius 2 is 2.31 bits per heavy atom. The van der Waals surface area contributed by atoms with Crippen LogP contribution in [0.15, 0.2) is 0 Å². The van der Waals surface area contributed by atoms with Gasteiger partial charge in [0.2, 0.25) is 5.95 Å². The number of aromatic nitrogens is 3. The predicted octanol–water partition coefficient (Wildman–Crippen LogP) is -0.323. The molecule has 0 aromatic carbocycles. The minimum Gasteiger partial charge on any atom is -0.368 e. The van der Waals surface area contributed by atoms with Crippen molar-refractivity contribution in [1.29, 1.82) is 0 Å². The summed E-state index contributed by atoms with van der Waals surface area (Å²) in [6.07, 6.45) is 3.25. The summed E-state index contributed by atoms with van der Waals surface area (Å²) >= 11 is 0. The molecule has 5 heteroatoms. The van der Waals surface area contributed by atoms with Gasteiger partial charge in [0.05, 0.1) is 0 Å². The first-order chi connectivity index (χ1) is 6.16. The fraction of sp³-hybridized carbons (Fsp3) is 0.750.